The first-order chi connectivity index (χ1) is 21.1. The number of aromatic nitrogens is 4. The number of ether oxygens (including phenoxy) is 2. The van der Waals surface area contributed by atoms with E-state index in [0.717, 1.165) is 10.8 Å². The van der Waals surface area contributed by atoms with E-state index in [2.05, 4.69) is 5.92 Å². The number of carbonyl (C=O) groups is 2. The minimum atomic E-state index is -1.52. The highest BCUT2D eigenvalue weighted by Gasteiger charge is 2.44. The van der Waals surface area contributed by atoms with Crippen molar-refractivity contribution in [1.29, 1.82) is 0 Å². The maximum Gasteiger partial charge on any atom is 0.330 e. The van der Waals surface area contributed by atoms with Crippen LogP contribution in [-0.2, 0) is 19.1 Å². The summed E-state index contributed by atoms with van der Waals surface area (Å²) in [7, 11) is 0. The van der Waals surface area contributed by atoms with Gasteiger partial charge in [-0.15, -0.1) is 6.42 Å². The van der Waals surface area contributed by atoms with E-state index in [9.17, 15) is 53.6 Å². The number of carboxylic acids is 2. The number of hydrogen-bond donors (Lipinski definition) is 10. The Hall–Kier alpha value is -4.53. The molecule has 0 saturated carbocycles. The molecule has 0 unspecified atom stereocenters. The number of rotatable bonds is 7. The summed E-state index contributed by atoms with van der Waals surface area (Å²) in [6.45, 7) is -1.09. The van der Waals surface area contributed by atoms with Crippen LogP contribution in [0, 0.1) is 18.2 Å². The number of aliphatic hydroxyl groups excluding tert-OH is 6. The zero-order valence-corrected chi connectivity index (χ0v) is 22.8. The number of H-pyrrole nitrogens is 2. The fourth-order valence-corrected chi connectivity index (χ4v) is 3.86. The monoisotopic (exact) mass is 648 g/mol. The van der Waals surface area contributed by atoms with Gasteiger partial charge in [-0.25, -0.2) is 9.59 Å². The molecule has 10 N–H and O–H groups in total. The maximum absolute atomic E-state index is 13.1. The van der Waals surface area contributed by atoms with Crippen molar-refractivity contribution in [3.8, 4) is 12.3 Å². The van der Waals surface area contributed by atoms with Gasteiger partial charge in [0, 0.05) is 6.20 Å². The summed E-state index contributed by atoms with van der Waals surface area (Å²) in [6.07, 6.45) is -4.29. The molecule has 2 aromatic heterocycles. The number of nitrogens with one attached hydrogen (secondary N) is 2. The van der Waals surface area contributed by atoms with Crippen molar-refractivity contribution >= 4 is 11.9 Å². The molecule has 2 aliphatic rings. The zero-order chi connectivity index (χ0) is 34.2. The second-order valence-electron chi connectivity index (χ2n) is 9.24. The molecule has 0 spiro atoms. The first-order valence-corrected chi connectivity index (χ1v) is 12.6. The number of aliphatic carboxylic acids is 2. The quantitative estimate of drug-likeness (QED) is 0.125. The van der Waals surface area contributed by atoms with E-state index < -0.39 is 103 Å². The van der Waals surface area contributed by atoms with Gasteiger partial charge in [0.2, 0.25) is 5.82 Å². The fraction of sp³-hybridized carbons (Fsp3) is 0.500. The van der Waals surface area contributed by atoms with Gasteiger partial charge in [-0.3, -0.25) is 38.3 Å². The van der Waals surface area contributed by atoms with Crippen LogP contribution < -0.4 is 22.5 Å². The summed E-state index contributed by atoms with van der Waals surface area (Å²) in [6, 6.07) is 0. The van der Waals surface area contributed by atoms with Crippen LogP contribution in [0.3, 0.4) is 0 Å². The molecule has 0 amide bonds. The van der Waals surface area contributed by atoms with Gasteiger partial charge in [0.05, 0.1) is 32.3 Å². The van der Waals surface area contributed by atoms with Crippen molar-refractivity contribution in [3.05, 3.63) is 65.5 Å². The normalized spacial score (nSPS) is 27.0. The molecule has 20 nitrogen and oxygen atoms in total. The van der Waals surface area contributed by atoms with Gasteiger partial charge in [-0.05, 0) is 0 Å². The van der Waals surface area contributed by atoms with E-state index in [0.29, 0.717) is 10.8 Å². The van der Waals surface area contributed by atoms with E-state index >= 15 is 0 Å². The number of hydrogen-bond acceptors (Lipinski definition) is 14. The Morgan fingerprint density at radius 3 is 1.53 bits per heavy atom. The van der Waals surface area contributed by atoms with Gasteiger partial charge < -0.3 is 50.3 Å². The van der Waals surface area contributed by atoms with E-state index in [1.165, 1.54) is 0 Å². The summed E-state index contributed by atoms with van der Waals surface area (Å²) in [4.78, 5) is 68.2. The van der Waals surface area contributed by atoms with E-state index in [1.807, 2.05) is 4.98 Å². The maximum atomic E-state index is 13.1. The summed E-state index contributed by atoms with van der Waals surface area (Å²) in [5.74, 6) is -1.30. The lowest BCUT2D eigenvalue weighted by atomic mass is 10.1. The molecule has 2 aromatic rings. The largest absolute Gasteiger partial charge is 0.481 e. The van der Waals surface area contributed by atoms with Crippen molar-refractivity contribution in [2.75, 3.05) is 13.2 Å². The molecule has 0 aliphatic carbocycles. The molecule has 0 aromatic carbocycles. The molecule has 2 aliphatic heterocycles. The molecule has 2 fully saturated rings. The molecule has 0 radical (unpaired) electrons. The third-order valence-electron chi connectivity index (χ3n) is 6.18. The van der Waals surface area contributed by atoms with Crippen molar-refractivity contribution < 1.29 is 64.3 Å². The number of aliphatic hydroxyl groups is 6. The zero-order valence-electron chi connectivity index (χ0n) is 22.8. The van der Waals surface area contributed by atoms with Crippen LogP contribution >= 0.6 is 0 Å². The number of nitrogens with zero attached hydrogens (tertiary/aromatic N) is 2. The number of terminal acetylenes is 1. The van der Waals surface area contributed by atoms with Gasteiger partial charge in [0.15, 0.2) is 12.5 Å². The third-order valence-corrected chi connectivity index (χ3v) is 6.18. The van der Waals surface area contributed by atoms with Crippen LogP contribution in [0.1, 0.15) is 30.9 Å². The molecule has 0 bridgehead atoms. The second-order valence-corrected chi connectivity index (χ2v) is 9.24. The van der Waals surface area contributed by atoms with Crippen LogP contribution in [0.4, 0.5) is 4.39 Å². The number of halogens is 1. The standard InChI is InChI=1S/C11H12N2O6.C9H11FN2O6.C4H6O4/c1-2-5-3-13(11(18)12-9(5)17)10-8(16)7(15)6(4-14)19-10;10-3-1-12(9(17)11-7(3)16)8-6(15)5(14)4(2-13)18-8;5-3(6)1-2-4(7)8/h1,3,6-8,10,14-16H,4H2,(H,12,17,18);1,4-6,8,13-15H,2H2,(H,11,16,17);1-2H2,(H,5,6)(H,7,8)/t6-,7-,8-,10-;4-,5-,6+,8-;/m11./s1. The predicted octanol–water partition coefficient (Wildman–Crippen LogP) is -5.65. The van der Waals surface area contributed by atoms with Gasteiger partial charge >= 0.3 is 23.3 Å². The van der Waals surface area contributed by atoms with Gasteiger partial charge in [-0.1, -0.05) is 5.92 Å². The summed E-state index contributed by atoms with van der Waals surface area (Å²) >= 11 is 0. The Bertz CT molecular complexity index is 1610. The highest BCUT2D eigenvalue weighted by atomic mass is 19.1. The van der Waals surface area contributed by atoms with Crippen molar-refractivity contribution in [3.63, 3.8) is 0 Å². The lowest BCUT2D eigenvalue weighted by molar-refractivity contribution is -0.143. The Morgan fingerprint density at radius 2 is 1.18 bits per heavy atom. The minimum absolute atomic E-state index is 0.114. The van der Waals surface area contributed by atoms with Crippen molar-refractivity contribution in [2.24, 2.45) is 0 Å². The highest BCUT2D eigenvalue weighted by molar-refractivity contribution is 5.75. The van der Waals surface area contributed by atoms with Crippen LogP contribution in [0.15, 0.2) is 31.6 Å². The van der Waals surface area contributed by atoms with Crippen molar-refractivity contribution in [2.45, 2.75) is 61.9 Å². The van der Waals surface area contributed by atoms with Gasteiger partial charge in [-0.2, -0.15) is 4.39 Å². The van der Waals surface area contributed by atoms with Gasteiger partial charge in [0.1, 0.15) is 42.2 Å². The Balaban J connectivity index is 0.000000255. The third kappa shape index (κ3) is 9.00. The summed E-state index contributed by atoms with van der Waals surface area (Å²) in [5, 5.41) is 72.1. The van der Waals surface area contributed by atoms with Crippen molar-refractivity contribution in [1.82, 2.24) is 19.1 Å². The first-order valence-electron chi connectivity index (χ1n) is 12.6. The average Bonchev–Trinajstić information content (AvgIpc) is 3.44. The van der Waals surface area contributed by atoms with E-state index in [4.69, 9.17) is 36.3 Å². The molecule has 8 atom stereocenters. The molecule has 4 rings (SSSR count). The molecule has 45 heavy (non-hydrogen) atoms. The fourth-order valence-electron chi connectivity index (χ4n) is 3.86. The lowest BCUT2D eigenvalue weighted by Gasteiger charge is -2.17. The first kappa shape index (κ1) is 36.7. The van der Waals surface area contributed by atoms with Gasteiger partial charge in [0.25, 0.3) is 11.1 Å². The van der Waals surface area contributed by atoms with Crippen LogP contribution in [0.2, 0.25) is 0 Å². The number of carboxylic acid groups (broad SMARTS) is 2. The molecular weight excluding hydrogens is 619 g/mol. The van der Waals surface area contributed by atoms with E-state index in [1.54, 1.807) is 4.98 Å². The number of aromatic amines is 2. The average molecular weight is 649 g/mol. The SMILES string of the molecule is C#Cc1cn([C@@H]2O[C@H](CO)[C@@H](O)[C@H]2O)c(=O)[nH]c1=O.O=C(O)CCC(=O)O.O=c1[nH]c(=O)n([C@@H]2O[C@H](CO)[C@@H](O)[C@@H]2O)cc1F. The molecule has 2 saturated heterocycles. The molecular formula is C24H29FN4O16. The Labute approximate surface area is 248 Å². The smallest absolute Gasteiger partial charge is 0.330 e. The Morgan fingerprint density at radius 1 is 0.778 bits per heavy atom. The second kappa shape index (κ2) is 16.0. The Kier molecular flexibility index (Phi) is 13.0. The molecule has 248 valence electrons. The van der Waals surface area contributed by atoms with Crippen LogP contribution in [0.5, 0.6) is 0 Å². The van der Waals surface area contributed by atoms with Crippen LogP contribution in [0.25, 0.3) is 0 Å². The van der Waals surface area contributed by atoms with Crippen LogP contribution in [-0.4, -0.2) is 122 Å². The predicted molar refractivity (Wildman–Crippen MR) is 141 cm³/mol. The lowest BCUT2D eigenvalue weighted by Crippen LogP contribution is -2.38. The van der Waals surface area contributed by atoms with E-state index in [-0.39, 0.29) is 18.4 Å². The summed E-state index contributed by atoms with van der Waals surface area (Å²) < 4.78 is 24.7. The highest BCUT2D eigenvalue weighted by Crippen LogP contribution is 2.28. The topological polar surface area (TPSA) is 324 Å². The molecule has 21 heteroatoms. The minimum Gasteiger partial charge on any atom is -0.481 e. The summed E-state index contributed by atoms with van der Waals surface area (Å²) in [5.41, 5.74) is -3.86. The molecule has 4 heterocycles.